The summed E-state index contributed by atoms with van der Waals surface area (Å²) in [6, 6.07) is 0. The molecule has 0 saturated carbocycles. The lowest BCUT2D eigenvalue weighted by atomic mass is 10.2. The highest BCUT2D eigenvalue weighted by Crippen LogP contribution is 1.99. The minimum atomic E-state index is -0.981. The van der Waals surface area contributed by atoms with Gasteiger partial charge in [-0.3, -0.25) is 4.79 Å². The number of primary amides is 1. The average molecular weight is 213 g/mol. The summed E-state index contributed by atoms with van der Waals surface area (Å²) in [6.07, 6.45) is 5.98. The molecule has 0 rings (SSSR count). The molecule has 0 bridgehead atoms. The lowest BCUT2D eigenvalue weighted by molar-refractivity contribution is -0.131. The number of carboxylic acid groups (broad SMARTS) is 1. The van der Waals surface area contributed by atoms with Crippen molar-refractivity contribution in [2.45, 2.75) is 33.1 Å². The molecular formula is C11H19NO3. The van der Waals surface area contributed by atoms with Gasteiger partial charge in [-0.05, 0) is 13.3 Å². The van der Waals surface area contributed by atoms with E-state index in [1.807, 2.05) is 6.08 Å². The molecule has 0 radical (unpaired) electrons. The van der Waals surface area contributed by atoms with E-state index in [2.05, 4.69) is 13.5 Å². The molecule has 15 heavy (non-hydrogen) atoms. The van der Waals surface area contributed by atoms with Crippen molar-refractivity contribution in [2.75, 3.05) is 0 Å². The second kappa shape index (κ2) is 10.5. The molecule has 1 amide bonds. The molecule has 0 fully saturated rings. The van der Waals surface area contributed by atoms with Gasteiger partial charge >= 0.3 is 5.97 Å². The molecule has 0 aromatic rings. The molecule has 0 heterocycles. The summed E-state index contributed by atoms with van der Waals surface area (Å²) in [6.45, 7) is 6.83. The number of rotatable bonds is 5. The first-order chi connectivity index (χ1) is 6.95. The van der Waals surface area contributed by atoms with Crippen molar-refractivity contribution in [1.82, 2.24) is 0 Å². The van der Waals surface area contributed by atoms with Crippen LogP contribution >= 0.6 is 0 Å². The number of hydrogen-bond acceptors (Lipinski definition) is 2. The molecular weight excluding hydrogens is 194 g/mol. The third-order valence-corrected chi connectivity index (χ3v) is 1.57. The van der Waals surface area contributed by atoms with Crippen LogP contribution in [0.4, 0.5) is 0 Å². The van der Waals surface area contributed by atoms with Crippen LogP contribution in [0.25, 0.3) is 0 Å². The molecule has 0 aliphatic carbocycles. The summed E-state index contributed by atoms with van der Waals surface area (Å²) in [5.74, 6) is -1.29. The fourth-order valence-corrected chi connectivity index (χ4v) is 0.623. The van der Waals surface area contributed by atoms with Gasteiger partial charge in [-0.25, -0.2) is 4.79 Å². The molecule has 0 atom stereocenters. The number of hydrogen-bond donors (Lipinski definition) is 2. The van der Waals surface area contributed by atoms with E-state index in [9.17, 15) is 9.59 Å². The van der Waals surface area contributed by atoms with Gasteiger partial charge < -0.3 is 10.8 Å². The van der Waals surface area contributed by atoms with Crippen molar-refractivity contribution in [3.63, 3.8) is 0 Å². The molecule has 0 saturated heterocycles. The van der Waals surface area contributed by atoms with E-state index in [0.29, 0.717) is 5.57 Å². The van der Waals surface area contributed by atoms with Gasteiger partial charge in [0.1, 0.15) is 0 Å². The number of carbonyl (C=O) groups excluding carboxylic acids is 1. The van der Waals surface area contributed by atoms with E-state index in [1.54, 1.807) is 6.92 Å². The summed E-state index contributed by atoms with van der Waals surface area (Å²) in [7, 11) is 0. The molecule has 4 heteroatoms. The van der Waals surface area contributed by atoms with Crippen molar-refractivity contribution < 1.29 is 14.7 Å². The van der Waals surface area contributed by atoms with Crippen LogP contribution in [-0.2, 0) is 9.59 Å². The molecule has 0 unspecified atom stereocenters. The summed E-state index contributed by atoms with van der Waals surface area (Å²) in [4.78, 5) is 19.7. The molecule has 3 N–H and O–H groups in total. The Balaban J connectivity index is 0. The predicted octanol–water partition coefficient (Wildman–Crippen LogP) is 1.87. The number of allylic oxidation sites excluding steroid dienone is 1. The van der Waals surface area contributed by atoms with E-state index in [-0.39, 0.29) is 5.91 Å². The maximum absolute atomic E-state index is 10.4. The van der Waals surface area contributed by atoms with Crippen molar-refractivity contribution in [1.29, 1.82) is 0 Å². The van der Waals surface area contributed by atoms with Crippen LogP contribution in [-0.4, -0.2) is 17.0 Å². The molecule has 0 aliphatic heterocycles. The van der Waals surface area contributed by atoms with Gasteiger partial charge in [0, 0.05) is 11.6 Å². The Hall–Kier alpha value is -1.58. The first-order valence-corrected chi connectivity index (χ1v) is 4.77. The highest BCUT2D eigenvalue weighted by Gasteiger charge is 1.93. The predicted molar refractivity (Wildman–Crippen MR) is 60.3 cm³/mol. The van der Waals surface area contributed by atoms with Gasteiger partial charge in [0.05, 0.1) is 0 Å². The Labute approximate surface area is 90.5 Å². The van der Waals surface area contributed by atoms with Crippen LogP contribution in [0.5, 0.6) is 0 Å². The third-order valence-electron chi connectivity index (χ3n) is 1.57. The lowest BCUT2D eigenvalue weighted by Gasteiger charge is -1.92. The zero-order valence-electron chi connectivity index (χ0n) is 9.32. The summed E-state index contributed by atoms with van der Waals surface area (Å²) in [5.41, 5.74) is 5.69. The molecule has 0 aromatic heterocycles. The average Bonchev–Trinajstić information content (AvgIpc) is 2.18. The Morgan fingerprint density at radius 1 is 1.47 bits per heavy atom. The van der Waals surface area contributed by atoms with E-state index in [4.69, 9.17) is 10.8 Å². The van der Waals surface area contributed by atoms with E-state index < -0.39 is 5.97 Å². The monoisotopic (exact) mass is 213 g/mol. The fourth-order valence-electron chi connectivity index (χ4n) is 0.623. The first kappa shape index (κ1) is 15.9. The Morgan fingerprint density at radius 2 is 1.93 bits per heavy atom. The van der Waals surface area contributed by atoms with Gasteiger partial charge in [0.25, 0.3) is 0 Å². The Bertz CT molecular complexity index is 244. The molecule has 0 aromatic carbocycles. The van der Waals surface area contributed by atoms with Crippen LogP contribution in [0.15, 0.2) is 24.3 Å². The number of aliphatic carboxylic acids is 1. The highest BCUT2D eigenvalue weighted by molar-refractivity contribution is 5.91. The number of carboxylic acids is 1. The standard InChI is InChI=1S/C8H15NO.C3H4O2/c1-3-4-5-6-7(2)8(9)10;1-2-3(4)5/h6H,3-5H2,1-2H3,(H2,9,10);2H,1H2,(H,4,5). The van der Waals surface area contributed by atoms with Crippen LogP contribution in [0.1, 0.15) is 33.1 Å². The second-order valence-electron chi connectivity index (χ2n) is 2.94. The van der Waals surface area contributed by atoms with Gasteiger partial charge in [-0.2, -0.15) is 0 Å². The maximum atomic E-state index is 10.4. The van der Waals surface area contributed by atoms with Gasteiger partial charge in [0.15, 0.2) is 0 Å². The second-order valence-corrected chi connectivity index (χ2v) is 2.94. The quantitative estimate of drug-likeness (QED) is 0.540. The third kappa shape index (κ3) is 15.2. The lowest BCUT2D eigenvalue weighted by Crippen LogP contribution is -2.11. The van der Waals surface area contributed by atoms with Crippen molar-refractivity contribution in [2.24, 2.45) is 5.73 Å². The zero-order valence-corrected chi connectivity index (χ0v) is 9.32. The topological polar surface area (TPSA) is 80.4 Å². The van der Waals surface area contributed by atoms with Crippen LogP contribution in [0.3, 0.4) is 0 Å². The maximum Gasteiger partial charge on any atom is 0.327 e. The van der Waals surface area contributed by atoms with Crippen LogP contribution in [0, 0.1) is 0 Å². The van der Waals surface area contributed by atoms with Gasteiger partial charge in [-0.15, -0.1) is 0 Å². The number of unbranched alkanes of at least 4 members (excludes halogenated alkanes) is 2. The SMILES string of the molecule is C=CC(=O)O.CCCCC=C(C)C(N)=O. The molecule has 86 valence electrons. The smallest absolute Gasteiger partial charge is 0.327 e. The van der Waals surface area contributed by atoms with E-state index in [0.717, 1.165) is 25.3 Å². The largest absolute Gasteiger partial charge is 0.478 e. The minimum Gasteiger partial charge on any atom is -0.478 e. The summed E-state index contributed by atoms with van der Waals surface area (Å²) < 4.78 is 0. The van der Waals surface area contributed by atoms with Crippen molar-refractivity contribution in [3.8, 4) is 0 Å². The fraction of sp³-hybridized carbons (Fsp3) is 0.455. The van der Waals surface area contributed by atoms with Crippen LogP contribution in [0.2, 0.25) is 0 Å². The molecule has 0 aliphatic rings. The Morgan fingerprint density at radius 3 is 2.20 bits per heavy atom. The number of carbonyl (C=O) groups is 2. The first-order valence-electron chi connectivity index (χ1n) is 4.77. The van der Waals surface area contributed by atoms with Crippen LogP contribution < -0.4 is 5.73 Å². The number of nitrogens with two attached hydrogens (primary N) is 1. The van der Waals surface area contributed by atoms with Crippen molar-refractivity contribution >= 4 is 11.9 Å². The Kier molecular flexibility index (Phi) is 11.1. The summed E-state index contributed by atoms with van der Waals surface area (Å²) >= 11 is 0. The minimum absolute atomic E-state index is 0.309. The van der Waals surface area contributed by atoms with Crippen molar-refractivity contribution in [3.05, 3.63) is 24.3 Å². The van der Waals surface area contributed by atoms with Gasteiger partial charge in [-0.1, -0.05) is 32.4 Å². The van der Waals surface area contributed by atoms with E-state index >= 15 is 0 Å². The van der Waals surface area contributed by atoms with Gasteiger partial charge in [0.2, 0.25) is 5.91 Å². The summed E-state index contributed by atoms with van der Waals surface area (Å²) in [5, 5.41) is 7.60. The molecule has 0 spiro atoms. The zero-order chi connectivity index (χ0) is 12.3. The normalized spacial score (nSPS) is 9.87. The molecule has 4 nitrogen and oxygen atoms in total. The highest BCUT2D eigenvalue weighted by atomic mass is 16.4. The number of amides is 1. The van der Waals surface area contributed by atoms with E-state index in [1.165, 1.54) is 0 Å².